The molecular formula is C19H22N4OS. The Morgan fingerprint density at radius 2 is 2.08 bits per heavy atom. The van der Waals surface area contributed by atoms with Gasteiger partial charge in [-0.25, -0.2) is 4.98 Å². The average Bonchev–Trinajstić information content (AvgIpc) is 3.02. The van der Waals surface area contributed by atoms with Crippen LogP contribution >= 0.6 is 11.8 Å². The van der Waals surface area contributed by atoms with Crippen LogP contribution in [0.25, 0.3) is 5.65 Å². The zero-order chi connectivity index (χ0) is 17.6. The maximum absolute atomic E-state index is 12.4. The highest BCUT2D eigenvalue weighted by molar-refractivity contribution is 7.98. The van der Waals surface area contributed by atoms with E-state index in [1.165, 1.54) is 0 Å². The van der Waals surface area contributed by atoms with Gasteiger partial charge in [0.15, 0.2) is 0 Å². The summed E-state index contributed by atoms with van der Waals surface area (Å²) >= 11 is 1.62. The van der Waals surface area contributed by atoms with Gasteiger partial charge < -0.3 is 15.5 Å². The number of benzene rings is 1. The number of carbonyl (C=O) groups excluding carboxylic acids is 1. The summed E-state index contributed by atoms with van der Waals surface area (Å²) in [4.78, 5) is 18.0. The van der Waals surface area contributed by atoms with Gasteiger partial charge in [0.2, 0.25) is 0 Å². The first-order valence-electron chi connectivity index (χ1n) is 8.31. The van der Waals surface area contributed by atoms with Crippen molar-refractivity contribution < 1.29 is 4.79 Å². The number of carbonyl (C=O) groups is 1. The molecule has 0 saturated heterocycles. The van der Waals surface area contributed by atoms with Crippen LogP contribution in [0.3, 0.4) is 0 Å². The number of thioether (sulfide) groups is 1. The SMILES string of the molecule is CC(N)CCNC(=O)c1ccccc1SCc1cn2ccccc2n1. The molecule has 2 aromatic heterocycles. The Morgan fingerprint density at radius 1 is 1.28 bits per heavy atom. The number of rotatable bonds is 7. The lowest BCUT2D eigenvalue weighted by molar-refractivity contribution is 0.0950. The number of pyridine rings is 1. The zero-order valence-electron chi connectivity index (χ0n) is 14.2. The van der Waals surface area contributed by atoms with Crippen molar-refractivity contribution >= 4 is 23.3 Å². The van der Waals surface area contributed by atoms with E-state index in [9.17, 15) is 4.79 Å². The minimum Gasteiger partial charge on any atom is -0.352 e. The normalized spacial score (nSPS) is 12.2. The number of hydrogen-bond donors (Lipinski definition) is 2. The first kappa shape index (κ1) is 17.5. The third-order valence-corrected chi connectivity index (χ3v) is 4.91. The summed E-state index contributed by atoms with van der Waals surface area (Å²) in [5, 5.41) is 2.94. The highest BCUT2D eigenvalue weighted by atomic mass is 32.2. The van der Waals surface area contributed by atoms with Crippen LogP contribution in [0.2, 0.25) is 0 Å². The number of aromatic nitrogens is 2. The van der Waals surface area contributed by atoms with E-state index in [4.69, 9.17) is 5.73 Å². The van der Waals surface area contributed by atoms with Gasteiger partial charge in [-0.3, -0.25) is 4.79 Å². The second-order valence-electron chi connectivity index (χ2n) is 6.01. The zero-order valence-corrected chi connectivity index (χ0v) is 15.0. The van der Waals surface area contributed by atoms with E-state index >= 15 is 0 Å². The molecule has 0 fully saturated rings. The molecule has 0 aliphatic carbocycles. The van der Waals surface area contributed by atoms with Gasteiger partial charge in [-0.05, 0) is 37.6 Å². The van der Waals surface area contributed by atoms with Crippen molar-refractivity contribution in [1.82, 2.24) is 14.7 Å². The van der Waals surface area contributed by atoms with Gasteiger partial charge >= 0.3 is 0 Å². The summed E-state index contributed by atoms with van der Waals surface area (Å²) < 4.78 is 2.00. The molecule has 0 radical (unpaired) electrons. The third kappa shape index (κ3) is 4.61. The molecule has 0 spiro atoms. The molecule has 2 heterocycles. The van der Waals surface area contributed by atoms with Crippen molar-refractivity contribution in [2.24, 2.45) is 5.73 Å². The molecule has 0 aliphatic rings. The minimum absolute atomic E-state index is 0.0567. The Morgan fingerprint density at radius 3 is 2.88 bits per heavy atom. The van der Waals surface area contributed by atoms with Crippen LogP contribution in [0.1, 0.15) is 29.4 Å². The fourth-order valence-corrected chi connectivity index (χ4v) is 3.43. The number of hydrogen-bond acceptors (Lipinski definition) is 4. The molecule has 3 N–H and O–H groups in total. The number of nitrogens with one attached hydrogen (secondary N) is 1. The molecular weight excluding hydrogens is 332 g/mol. The van der Waals surface area contributed by atoms with Crippen molar-refractivity contribution in [3.63, 3.8) is 0 Å². The second kappa shape index (κ2) is 8.18. The van der Waals surface area contributed by atoms with Crippen LogP contribution in [0.5, 0.6) is 0 Å². The number of nitrogens with two attached hydrogens (primary N) is 1. The molecule has 0 saturated carbocycles. The van der Waals surface area contributed by atoms with Crippen molar-refractivity contribution in [3.8, 4) is 0 Å². The molecule has 1 unspecified atom stereocenters. The lowest BCUT2D eigenvalue weighted by Gasteiger charge is -2.10. The Balaban J connectivity index is 1.67. The quantitative estimate of drug-likeness (QED) is 0.640. The fourth-order valence-electron chi connectivity index (χ4n) is 2.50. The first-order valence-corrected chi connectivity index (χ1v) is 9.30. The minimum atomic E-state index is -0.0567. The standard InChI is InChI=1S/C19H22N4OS/c1-14(20)9-10-21-19(24)16-6-2-3-7-17(16)25-13-15-12-23-11-5-4-8-18(23)22-15/h2-8,11-12,14H,9-10,13,20H2,1H3,(H,21,24). The van der Waals surface area contributed by atoms with Crippen LogP contribution in [-0.4, -0.2) is 27.9 Å². The van der Waals surface area contributed by atoms with E-state index in [0.29, 0.717) is 17.9 Å². The van der Waals surface area contributed by atoms with Gasteiger partial charge in [0.05, 0.1) is 11.3 Å². The summed E-state index contributed by atoms with van der Waals surface area (Å²) in [6.07, 6.45) is 4.77. The van der Waals surface area contributed by atoms with Crippen LogP contribution in [0, 0.1) is 0 Å². The Kier molecular flexibility index (Phi) is 5.73. The molecule has 1 atom stereocenters. The van der Waals surface area contributed by atoms with Crippen molar-refractivity contribution in [1.29, 1.82) is 0 Å². The Hall–Kier alpha value is -2.31. The maximum Gasteiger partial charge on any atom is 0.252 e. The highest BCUT2D eigenvalue weighted by Crippen LogP contribution is 2.26. The summed E-state index contributed by atoms with van der Waals surface area (Å²) in [5.41, 5.74) is 8.34. The Bertz CT molecular complexity index is 826. The van der Waals surface area contributed by atoms with Gasteiger partial charge in [0.25, 0.3) is 5.91 Å². The molecule has 3 rings (SSSR count). The van der Waals surface area contributed by atoms with Crippen LogP contribution in [-0.2, 0) is 5.75 Å². The molecule has 6 heteroatoms. The van der Waals surface area contributed by atoms with E-state index in [1.54, 1.807) is 11.8 Å². The summed E-state index contributed by atoms with van der Waals surface area (Å²) in [7, 11) is 0. The molecule has 5 nitrogen and oxygen atoms in total. The smallest absolute Gasteiger partial charge is 0.252 e. The summed E-state index contributed by atoms with van der Waals surface area (Å²) in [6.45, 7) is 2.52. The monoisotopic (exact) mass is 354 g/mol. The number of imidazole rings is 1. The molecule has 25 heavy (non-hydrogen) atoms. The molecule has 1 amide bonds. The van der Waals surface area contributed by atoms with Crippen molar-refractivity contribution in [3.05, 3.63) is 66.1 Å². The van der Waals surface area contributed by atoms with Crippen molar-refractivity contribution in [2.75, 3.05) is 6.54 Å². The van der Waals surface area contributed by atoms with Crippen LogP contribution in [0.4, 0.5) is 0 Å². The highest BCUT2D eigenvalue weighted by Gasteiger charge is 2.12. The molecule has 130 valence electrons. The summed E-state index contributed by atoms with van der Waals surface area (Å²) in [5.74, 6) is 0.657. The first-order chi connectivity index (χ1) is 12.1. The lowest BCUT2D eigenvalue weighted by atomic mass is 10.2. The topological polar surface area (TPSA) is 72.4 Å². The third-order valence-electron chi connectivity index (χ3n) is 3.81. The van der Waals surface area contributed by atoms with E-state index in [2.05, 4.69) is 10.3 Å². The fraction of sp³-hybridized carbons (Fsp3) is 0.263. The second-order valence-corrected chi connectivity index (χ2v) is 7.02. The number of fused-ring (bicyclic) bond motifs is 1. The average molecular weight is 354 g/mol. The van der Waals surface area contributed by atoms with Crippen molar-refractivity contribution in [2.45, 2.75) is 30.0 Å². The van der Waals surface area contributed by atoms with E-state index < -0.39 is 0 Å². The van der Waals surface area contributed by atoms with Crippen LogP contribution in [0.15, 0.2) is 59.8 Å². The van der Waals surface area contributed by atoms with E-state index in [0.717, 1.165) is 22.7 Å². The van der Waals surface area contributed by atoms with Gasteiger partial charge in [0.1, 0.15) is 5.65 Å². The molecule has 3 aromatic rings. The summed E-state index contributed by atoms with van der Waals surface area (Å²) in [6, 6.07) is 13.7. The Labute approximate surface area is 151 Å². The van der Waals surface area contributed by atoms with E-state index in [1.807, 2.05) is 66.2 Å². The lowest BCUT2D eigenvalue weighted by Crippen LogP contribution is -2.29. The largest absolute Gasteiger partial charge is 0.352 e. The molecule has 0 aliphatic heterocycles. The number of nitrogens with zero attached hydrogens (tertiary/aromatic N) is 2. The van der Waals surface area contributed by atoms with Gasteiger partial charge in [-0.15, -0.1) is 11.8 Å². The van der Waals surface area contributed by atoms with Gasteiger partial charge in [-0.1, -0.05) is 18.2 Å². The number of amides is 1. The van der Waals surface area contributed by atoms with Gasteiger partial charge in [0, 0.05) is 35.6 Å². The molecule has 0 bridgehead atoms. The van der Waals surface area contributed by atoms with E-state index in [-0.39, 0.29) is 11.9 Å². The predicted molar refractivity (Wildman–Crippen MR) is 102 cm³/mol. The predicted octanol–water partition coefficient (Wildman–Crippen LogP) is 3.09. The maximum atomic E-state index is 12.4. The van der Waals surface area contributed by atoms with Crippen LogP contribution < -0.4 is 11.1 Å². The van der Waals surface area contributed by atoms with Gasteiger partial charge in [-0.2, -0.15) is 0 Å². The molecule has 1 aromatic carbocycles.